The summed E-state index contributed by atoms with van der Waals surface area (Å²) in [5.74, 6) is -0.990. The molecule has 4 aromatic rings. The first-order valence-corrected chi connectivity index (χ1v) is 11.7. The van der Waals surface area contributed by atoms with Crippen LogP contribution in [0.25, 0.3) is 22.5 Å². The number of carboxylic acid groups (broad SMARTS) is 1. The Morgan fingerprint density at radius 1 is 0.775 bits per heavy atom. The number of hydrogen-bond donors (Lipinski definition) is 1. The quantitative estimate of drug-likeness (QED) is 0.177. The van der Waals surface area contributed by atoms with E-state index in [1.807, 2.05) is 0 Å². The topological polar surface area (TPSA) is 76.0 Å². The van der Waals surface area contributed by atoms with E-state index in [1.165, 1.54) is 30.5 Å². The molecule has 2 heterocycles. The zero-order chi connectivity index (χ0) is 28.2. The fourth-order valence-electron chi connectivity index (χ4n) is 3.93. The van der Waals surface area contributed by atoms with E-state index < -0.39 is 29.4 Å². The second-order valence-corrected chi connectivity index (χ2v) is 8.61. The van der Waals surface area contributed by atoms with Gasteiger partial charge in [-0.2, -0.15) is 26.3 Å². The van der Waals surface area contributed by atoms with Gasteiger partial charge in [0.1, 0.15) is 5.69 Å². The number of hydrogen-bond acceptors (Lipinski definition) is 4. The van der Waals surface area contributed by atoms with Crippen molar-refractivity contribution in [3.05, 3.63) is 101 Å². The molecule has 0 amide bonds. The molecule has 0 saturated carbocycles. The van der Waals surface area contributed by atoms with Gasteiger partial charge in [0.25, 0.3) is 0 Å². The van der Waals surface area contributed by atoms with E-state index in [1.54, 1.807) is 12.1 Å². The van der Waals surface area contributed by atoms with Crippen molar-refractivity contribution in [1.82, 2.24) is 15.0 Å². The number of rotatable bonds is 3. The minimum atomic E-state index is -4.49. The van der Waals surface area contributed by atoms with E-state index in [9.17, 15) is 31.1 Å². The third-order valence-corrected chi connectivity index (χ3v) is 5.89. The van der Waals surface area contributed by atoms with Crippen molar-refractivity contribution in [1.29, 1.82) is 0 Å². The van der Waals surface area contributed by atoms with E-state index in [2.05, 4.69) is 21.0 Å². The number of fused-ring (bicyclic) bond motifs is 1. The van der Waals surface area contributed by atoms with Crippen LogP contribution in [0.3, 0.4) is 0 Å². The molecule has 40 heavy (non-hydrogen) atoms. The zero-order valence-corrected chi connectivity index (χ0v) is 22.9. The maximum Gasteiger partial charge on any atom is 0.416 e. The van der Waals surface area contributed by atoms with Crippen molar-refractivity contribution in [3.63, 3.8) is 0 Å². The van der Waals surface area contributed by atoms with Crippen LogP contribution in [0.15, 0.2) is 66.9 Å². The van der Waals surface area contributed by atoms with Crippen LogP contribution in [0.1, 0.15) is 45.8 Å². The van der Waals surface area contributed by atoms with Crippen LogP contribution in [0.4, 0.5) is 26.3 Å². The van der Waals surface area contributed by atoms with Gasteiger partial charge in [0.05, 0.1) is 22.6 Å². The average molecular weight is 737 g/mol. The number of nitrogens with zero attached hydrogens (tertiary/aromatic N) is 3. The average Bonchev–Trinajstić information content (AvgIpc) is 2.92. The van der Waals surface area contributed by atoms with Crippen molar-refractivity contribution in [2.45, 2.75) is 38.0 Å². The van der Waals surface area contributed by atoms with Gasteiger partial charge in [-0.05, 0) is 61.1 Å². The Labute approximate surface area is 238 Å². The van der Waals surface area contributed by atoms with Gasteiger partial charge in [0.2, 0.25) is 0 Å². The number of halogens is 6. The van der Waals surface area contributed by atoms with E-state index >= 15 is 0 Å². The van der Waals surface area contributed by atoms with E-state index in [0.29, 0.717) is 35.4 Å². The Morgan fingerprint density at radius 3 is 1.80 bits per heavy atom. The summed E-state index contributed by atoms with van der Waals surface area (Å²) in [6.45, 7) is 0. The van der Waals surface area contributed by atoms with Gasteiger partial charge < -0.3 is 5.11 Å². The SMILES string of the molecule is FC(F)(F)c1c[c-]c(-c2nc3c(nc2-c2ccc(C(F)(F)F)cc2)CCCC3)cc1.O=C(O)c1ccccn1.[Ir]. The molecule has 2 aromatic carbocycles. The van der Waals surface area contributed by atoms with Crippen LogP contribution < -0.4 is 0 Å². The van der Waals surface area contributed by atoms with Crippen LogP contribution in [-0.4, -0.2) is 26.0 Å². The van der Waals surface area contributed by atoms with Crippen molar-refractivity contribution in [2.24, 2.45) is 0 Å². The van der Waals surface area contributed by atoms with Crippen molar-refractivity contribution in [2.75, 3.05) is 0 Å². The summed E-state index contributed by atoms with van der Waals surface area (Å²) >= 11 is 0. The second kappa shape index (κ2) is 12.7. The van der Waals surface area contributed by atoms with Gasteiger partial charge in [-0.15, -0.1) is 29.8 Å². The molecule has 0 bridgehead atoms. The standard InChI is InChI=1S/C22H15F6N2.C6H5NO2.Ir/c23-21(24,25)15-9-5-13(6-10-15)19-20(30-18-4-2-1-3-17(18)29-19)14-7-11-16(12-8-14)22(26,27)28;8-6(9)5-3-1-2-4-7-5;/h5-7,9-12H,1-4H2;1-4H,(H,8,9);/q-1;;. The number of carboxylic acids is 1. The summed E-state index contributed by atoms with van der Waals surface area (Å²) in [7, 11) is 0. The third kappa shape index (κ3) is 7.51. The number of carbonyl (C=O) groups is 1. The Morgan fingerprint density at radius 2 is 1.35 bits per heavy atom. The Kier molecular flexibility index (Phi) is 9.81. The molecular formula is C28H20F6IrN3O2-. The van der Waals surface area contributed by atoms with E-state index in [4.69, 9.17) is 5.11 Å². The Hall–Kier alpha value is -3.63. The van der Waals surface area contributed by atoms with E-state index in [0.717, 1.165) is 48.5 Å². The van der Waals surface area contributed by atoms with Crippen LogP contribution >= 0.6 is 0 Å². The van der Waals surface area contributed by atoms with Gasteiger partial charge in [0.15, 0.2) is 0 Å². The van der Waals surface area contributed by atoms with Crippen LogP contribution in [0, 0.1) is 6.07 Å². The molecule has 0 unspecified atom stereocenters. The predicted octanol–water partition coefficient (Wildman–Crippen LogP) is 7.30. The van der Waals surface area contributed by atoms with E-state index in [-0.39, 0.29) is 25.8 Å². The van der Waals surface area contributed by atoms with Crippen LogP contribution in [0.5, 0.6) is 0 Å². The van der Waals surface area contributed by atoms with Crippen molar-refractivity contribution >= 4 is 5.97 Å². The summed E-state index contributed by atoms with van der Waals surface area (Å²) in [6, 6.07) is 14.9. The summed E-state index contributed by atoms with van der Waals surface area (Å²) in [5, 5.41) is 8.32. The number of aromatic nitrogens is 3. The first-order valence-electron chi connectivity index (χ1n) is 11.7. The van der Waals surface area contributed by atoms with Gasteiger partial charge in [-0.1, -0.05) is 18.2 Å². The predicted molar refractivity (Wildman–Crippen MR) is 130 cm³/mol. The van der Waals surface area contributed by atoms with Crippen molar-refractivity contribution in [3.8, 4) is 22.5 Å². The van der Waals surface area contributed by atoms with Gasteiger partial charge in [-0.3, -0.25) is 9.97 Å². The fraction of sp³-hybridized carbons (Fsp3) is 0.214. The van der Waals surface area contributed by atoms with Crippen LogP contribution in [-0.2, 0) is 45.3 Å². The number of aromatic carboxylic acids is 1. The molecule has 0 atom stereocenters. The molecule has 1 aliphatic carbocycles. The molecule has 5 rings (SSSR count). The minimum absolute atomic E-state index is 0. The second-order valence-electron chi connectivity index (χ2n) is 8.61. The molecule has 12 heteroatoms. The molecule has 0 spiro atoms. The molecule has 211 valence electrons. The molecule has 2 aromatic heterocycles. The zero-order valence-electron chi connectivity index (χ0n) is 20.5. The third-order valence-electron chi connectivity index (χ3n) is 5.89. The maximum atomic E-state index is 12.9. The monoisotopic (exact) mass is 737 g/mol. The molecule has 0 fully saturated rings. The summed E-state index contributed by atoms with van der Waals surface area (Å²) in [5.41, 5.74) is 1.34. The molecule has 1 N–H and O–H groups in total. The summed E-state index contributed by atoms with van der Waals surface area (Å²) < 4.78 is 77.4. The van der Waals surface area contributed by atoms with Crippen molar-refractivity contribution < 1.29 is 56.3 Å². The normalized spacial score (nSPS) is 12.8. The molecular weight excluding hydrogens is 717 g/mol. The number of benzene rings is 2. The van der Waals surface area contributed by atoms with Crippen LogP contribution in [0.2, 0.25) is 0 Å². The smallest absolute Gasteiger partial charge is 0.416 e. The number of pyridine rings is 1. The number of alkyl halides is 6. The summed E-state index contributed by atoms with van der Waals surface area (Å²) in [6.07, 6.45) is -4.26. The Balaban J connectivity index is 0.000000377. The summed E-state index contributed by atoms with van der Waals surface area (Å²) in [4.78, 5) is 23.0. The molecule has 0 saturated heterocycles. The fourth-order valence-corrected chi connectivity index (χ4v) is 3.93. The first kappa shape index (κ1) is 30.9. The largest absolute Gasteiger partial charge is 0.477 e. The Bertz CT molecular complexity index is 1360. The minimum Gasteiger partial charge on any atom is -0.477 e. The van der Waals surface area contributed by atoms with Gasteiger partial charge in [-0.25, -0.2) is 9.78 Å². The van der Waals surface area contributed by atoms with Gasteiger partial charge >= 0.3 is 18.3 Å². The molecule has 1 radical (unpaired) electrons. The first-order chi connectivity index (χ1) is 18.4. The molecule has 1 aliphatic rings. The number of aryl methyl sites for hydroxylation is 2. The van der Waals surface area contributed by atoms with Gasteiger partial charge in [0, 0.05) is 32.0 Å². The maximum absolute atomic E-state index is 12.9. The molecule has 0 aliphatic heterocycles. The molecule has 5 nitrogen and oxygen atoms in total.